The number of ketones is 1. The molecule has 0 bridgehead atoms. The van der Waals surface area contributed by atoms with Gasteiger partial charge in [0.15, 0.2) is 0 Å². The lowest BCUT2D eigenvalue weighted by Crippen LogP contribution is -2.31. The van der Waals surface area contributed by atoms with Gasteiger partial charge in [0.05, 0.1) is 17.7 Å². The number of carbonyl (C=O) groups is 2. The maximum absolute atomic E-state index is 13.2. The van der Waals surface area contributed by atoms with Gasteiger partial charge in [0.2, 0.25) is 0 Å². The molecule has 1 unspecified atom stereocenters. The van der Waals surface area contributed by atoms with Gasteiger partial charge in [-0.05, 0) is 79.9 Å². The van der Waals surface area contributed by atoms with Crippen LogP contribution in [0.4, 0.5) is 0 Å². The molecule has 1 amide bonds. The van der Waals surface area contributed by atoms with Gasteiger partial charge in [-0.15, -0.1) is 0 Å². The number of carbonyl (C=O) groups excluding carboxylic acids is 2. The van der Waals surface area contributed by atoms with Crippen LogP contribution in [0, 0.1) is 0 Å². The van der Waals surface area contributed by atoms with Crippen molar-refractivity contribution in [3.63, 3.8) is 0 Å². The van der Waals surface area contributed by atoms with E-state index in [0.29, 0.717) is 28.3 Å². The van der Waals surface area contributed by atoms with Gasteiger partial charge < -0.3 is 19.8 Å². The van der Waals surface area contributed by atoms with Gasteiger partial charge in [-0.1, -0.05) is 35.9 Å². The molecule has 1 aliphatic heterocycles. The molecule has 7 heteroatoms. The van der Waals surface area contributed by atoms with Gasteiger partial charge in [-0.25, -0.2) is 0 Å². The van der Waals surface area contributed by atoms with Crippen LogP contribution >= 0.6 is 11.6 Å². The number of aromatic hydroxyl groups is 1. The third-order valence-electron chi connectivity index (χ3n) is 5.78. The molecule has 1 aliphatic rings. The van der Waals surface area contributed by atoms with Crippen molar-refractivity contribution in [1.29, 1.82) is 0 Å². The van der Waals surface area contributed by atoms with Crippen LogP contribution in [0.15, 0.2) is 78.4 Å². The molecule has 180 valence electrons. The molecule has 1 heterocycles. The largest absolute Gasteiger partial charge is 0.508 e. The van der Waals surface area contributed by atoms with E-state index in [4.69, 9.17) is 16.3 Å². The van der Waals surface area contributed by atoms with E-state index in [-0.39, 0.29) is 29.7 Å². The van der Waals surface area contributed by atoms with E-state index in [9.17, 15) is 19.8 Å². The van der Waals surface area contributed by atoms with Gasteiger partial charge in [0, 0.05) is 17.1 Å². The summed E-state index contributed by atoms with van der Waals surface area (Å²) in [7, 11) is 0. The highest BCUT2D eigenvalue weighted by molar-refractivity contribution is 6.46. The molecule has 0 aliphatic carbocycles. The first kappa shape index (κ1) is 24.4. The summed E-state index contributed by atoms with van der Waals surface area (Å²) in [5, 5.41) is 21.9. The summed E-state index contributed by atoms with van der Waals surface area (Å²) >= 11 is 5.97. The van der Waals surface area contributed by atoms with E-state index in [1.165, 1.54) is 17.0 Å². The Hall–Kier alpha value is -3.77. The number of aliphatic hydroxyl groups is 1. The third kappa shape index (κ3) is 5.33. The minimum atomic E-state index is -0.846. The van der Waals surface area contributed by atoms with Crippen molar-refractivity contribution in [3.8, 4) is 11.5 Å². The Labute approximate surface area is 209 Å². The van der Waals surface area contributed by atoms with Crippen molar-refractivity contribution in [2.75, 3.05) is 6.54 Å². The molecular formula is C28H26ClNO5. The zero-order chi connectivity index (χ0) is 25.1. The van der Waals surface area contributed by atoms with Crippen molar-refractivity contribution in [2.24, 2.45) is 0 Å². The average Bonchev–Trinajstić information content (AvgIpc) is 3.08. The molecule has 4 rings (SSSR count). The molecule has 1 saturated heterocycles. The smallest absolute Gasteiger partial charge is 0.295 e. The van der Waals surface area contributed by atoms with Gasteiger partial charge in [-0.2, -0.15) is 0 Å². The van der Waals surface area contributed by atoms with E-state index >= 15 is 0 Å². The lowest BCUT2D eigenvalue weighted by molar-refractivity contribution is -0.139. The molecular weight excluding hydrogens is 466 g/mol. The number of hydrogen-bond acceptors (Lipinski definition) is 5. The highest BCUT2D eigenvalue weighted by Gasteiger charge is 2.45. The number of benzene rings is 3. The molecule has 0 spiro atoms. The lowest BCUT2D eigenvalue weighted by Gasteiger charge is -2.25. The van der Waals surface area contributed by atoms with Gasteiger partial charge in [0.1, 0.15) is 17.3 Å². The summed E-state index contributed by atoms with van der Waals surface area (Å²) in [6, 6.07) is 19.5. The van der Waals surface area contributed by atoms with Crippen LogP contribution in [-0.2, 0) is 16.0 Å². The number of hydrogen-bond donors (Lipinski definition) is 2. The molecule has 3 aromatic rings. The fourth-order valence-electron chi connectivity index (χ4n) is 4.17. The molecule has 3 aromatic carbocycles. The predicted molar refractivity (Wildman–Crippen MR) is 134 cm³/mol. The number of ether oxygens (including phenoxy) is 1. The zero-order valence-electron chi connectivity index (χ0n) is 19.4. The topological polar surface area (TPSA) is 87.1 Å². The number of likely N-dealkylation sites (tertiary alicyclic amines) is 1. The fourth-order valence-corrected chi connectivity index (χ4v) is 4.30. The van der Waals surface area contributed by atoms with E-state index < -0.39 is 17.7 Å². The number of aliphatic hydroxyl groups excluding tert-OH is 1. The molecule has 0 aromatic heterocycles. The van der Waals surface area contributed by atoms with E-state index in [1.807, 2.05) is 26.0 Å². The molecule has 2 N–H and O–H groups in total. The SMILES string of the molecule is CC(C)Oc1ccc(/C(O)=C2/C(=O)C(=O)N(CCc3ccc(Cl)cc3)C2c2cccc(O)c2)cc1. The van der Waals surface area contributed by atoms with Crippen LogP contribution in [0.3, 0.4) is 0 Å². The van der Waals surface area contributed by atoms with Crippen LogP contribution in [0.1, 0.15) is 36.6 Å². The van der Waals surface area contributed by atoms with Crippen molar-refractivity contribution in [3.05, 3.63) is 100 Å². The molecule has 0 saturated carbocycles. The minimum Gasteiger partial charge on any atom is -0.508 e. The fraction of sp³-hybridized carbons (Fsp3) is 0.214. The van der Waals surface area contributed by atoms with E-state index in [1.54, 1.807) is 48.5 Å². The first-order valence-corrected chi connectivity index (χ1v) is 11.7. The number of Topliss-reactive ketones (excluding diaryl/α,β-unsaturated/α-hetero) is 1. The van der Waals surface area contributed by atoms with Gasteiger partial charge in [0.25, 0.3) is 11.7 Å². The number of halogens is 1. The minimum absolute atomic E-state index is 0.000904. The van der Waals surface area contributed by atoms with E-state index in [0.717, 1.165) is 5.56 Å². The maximum atomic E-state index is 13.2. The van der Waals surface area contributed by atoms with Crippen molar-refractivity contribution in [2.45, 2.75) is 32.4 Å². The highest BCUT2D eigenvalue weighted by atomic mass is 35.5. The number of rotatable bonds is 7. The third-order valence-corrected chi connectivity index (χ3v) is 6.03. The Kier molecular flexibility index (Phi) is 7.12. The van der Waals surface area contributed by atoms with Crippen LogP contribution in [-0.4, -0.2) is 39.5 Å². The van der Waals surface area contributed by atoms with Gasteiger partial charge >= 0.3 is 0 Å². The molecule has 35 heavy (non-hydrogen) atoms. The summed E-state index contributed by atoms with van der Waals surface area (Å²) in [6.45, 7) is 4.06. The number of phenols is 1. The normalized spacial score (nSPS) is 17.3. The Morgan fingerprint density at radius 3 is 2.34 bits per heavy atom. The Morgan fingerprint density at radius 2 is 1.71 bits per heavy atom. The van der Waals surface area contributed by atoms with Crippen molar-refractivity contribution >= 4 is 29.1 Å². The Morgan fingerprint density at radius 1 is 1.03 bits per heavy atom. The van der Waals surface area contributed by atoms with E-state index in [2.05, 4.69) is 0 Å². The van der Waals surface area contributed by atoms with Crippen LogP contribution < -0.4 is 4.74 Å². The van der Waals surface area contributed by atoms with Crippen LogP contribution in [0.2, 0.25) is 5.02 Å². The number of phenolic OH excluding ortho intramolecular Hbond substituents is 1. The average molecular weight is 492 g/mol. The molecule has 1 atom stereocenters. The Bertz CT molecular complexity index is 1270. The second-order valence-electron chi connectivity index (χ2n) is 8.65. The van der Waals surface area contributed by atoms with Crippen molar-refractivity contribution in [1.82, 2.24) is 4.90 Å². The van der Waals surface area contributed by atoms with Crippen LogP contribution in [0.5, 0.6) is 11.5 Å². The second kappa shape index (κ2) is 10.2. The number of amides is 1. The molecule has 1 fully saturated rings. The van der Waals surface area contributed by atoms with Gasteiger partial charge in [-0.3, -0.25) is 9.59 Å². The Balaban J connectivity index is 1.73. The predicted octanol–water partition coefficient (Wildman–Crippen LogP) is 5.50. The second-order valence-corrected chi connectivity index (χ2v) is 9.09. The molecule has 6 nitrogen and oxygen atoms in total. The standard InChI is InChI=1S/C28H26ClNO5/c1-17(2)35-23-12-8-19(9-13-23)26(32)24-25(20-4-3-5-22(31)16-20)30(28(34)27(24)33)15-14-18-6-10-21(29)11-7-18/h3-13,16-17,25,31-32H,14-15H2,1-2H3/b26-24-. The molecule has 0 radical (unpaired) electrons. The first-order valence-electron chi connectivity index (χ1n) is 11.3. The van der Waals surface area contributed by atoms with Crippen molar-refractivity contribution < 1.29 is 24.5 Å². The summed E-state index contributed by atoms with van der Waals surface area (Å²) < 4.78 is 5.65. The quantitative estimate of drug-likeness (QED) is 0.259. The lowest BCUT2D eigenvalue weighted by atomic mass is 9.95. The monoisotopic (exact) mass is 491 g/mol. The summed E-state index contributed by atoms with van der Waals surface area (Å²) in [6.07, 6.45) is 0.479. The number of nitrogens with zero attached hydrogens (tertiary/aromatic N) is 1. The maximum Gasteiger partial charge on any atom is 0.295 e. The van der Waals surface area contributed by atoms with Crippen LogP contribution in [0.25, 0.3) is 5.76 Å². The summed E-state index contributed by atoms with van der Waals surface area (Å²) in [5.41, 5.74) is 1.85. The summed E-state index contributed by atoms with van der Waals surface area (Å²) in [5.74, 6) is -1.12. The summed E-state index contributed by atoms with van der Waals surface area (Å²) in [4.78, 5) is 27.7. The highest BCUT2D eigenvalue weighted by Crippen LogP contribution is 2.40. The first-order chi connectivity index (χ1) is 16.7. The zero-order valence-corrected chi connectivity index (χ0v) is 20.2.